The van der Waals surface area contributed by atoms with Gasteiger partial charge in [0.05, 0.1) is 31.0 Å². The fourth-order valence-corrected chi connectivity index (χ4v) is 6.86. The summed E-state index contributed by atoms with van der Waals surface area (Å²) >= 11 is 0. The second-order valence-electron chi connectivity index (χ2n) is 10.5. The summed E-state index contributed by atoms with van der Waals surface area (Å²) in [5, 5.41) is 13.7. The Balaban J connectivity index is 1.25. The zero-order chi connectivity index (χ0) is 28.0. The number of nitrogens with zero attached hydrogens (tertiary/aromatic N) is 2. The van der Waals surface area contributed by atoms with Gasteiger partial charge in [-0.25, -0.2) is 4.98 Å². The highest BCUT2D eigenvalue weighted by molar-refractivity contribution is 8.24. The molecule has 2 aliphatic rings. The van der Waals surface area contributed by atoms with E-state index in [-0.39, 0.29) is 17.7 Å². The maximum atomic E-state index is 11.9. The highest BCUT2D eigenvalue weighted by Gasteiger charge is 2.29. The molecule has 0 aliphatic carbocycles. The topological polar surface area (TPSA) is 131 Å². The van der Waals surface area contributed by atoms with Gasteiger partial charge in [0, 0.05) is 61.4 Å². The summed E-state index contributed by atoms with van der Waals surface area (Å²) in [6.07, 6.45) is 2.35. The van der Waals surface area contributed by atoms with Crippen molar-refractivity contribution in [2.45, 2.75) is 31.3 Å². The smallest absolute Gasteiger partial charge is 0.293 e. The Morgan fingerprint density at radius 3 is 2.40 bits per heavy atom. The van der Waals surface area contributed by atoms with Crippen molar-refractivity contribution in [3.8, 4) is 17.6 Å². The van der Waals surface area contributed by atoms with E-state index in [0.717, 1.165) is 49.5 Å². The minimum Gasteiger partial charge on any atom is -0.502 e. The van der Waals surface area contributed by atoms with Crippen LogP contribution in [0.2, 0.25) is 0 Å². The average molecular weight is 565 g/mol. The summed E-state index contributed by atoms with van der Waals surface area (Å²) in [7, 11) is -2.51. The van der Waals surface area contributed by atoms with E-state index < -0.39 is 16.1 Å². The Morgan fingerprint density at radius 2 is 1.75 bits per heavy atom. The minimum atomic E-state index is -2.51. The van der Waals surface area contributed by atoms with Crippen LogP contribution in [-0.4, -0.2) is 79.5 Å². The molecule has 2 aliphatic heterocycles. The third kappa shape index (κ3) is 7.73. The molecule has 3 heterocycles. The molecule has 2 aromatic carbocycles. The van der Waals surface area contributed by atoms with E-state index >= 15 is 0 Å². The molecular weight excluding hydrogens is 528 g/mol. The molecule has 3 aromatic rings. The number of aromatic hydroxyl groups is 1. The Bertz CT molecular complexity index is 1390. The number of rotatable bonds is 8. The Kier molecular flexibility index (Phi) is 9.22. The van der Waals surface area contributed by atoms with E-state index in [1.165, 1.54) is 11.9 Å². The van der Waals surface area contributed by atoms with Crippen LogP contribution in [0.3, 0.4) is 0 Å². The summed E-state index contributed by atoms with van der Waals surface area (Å²) < 4.78 is 25.4. The van der Waals surface area contributed by atoms with Gasteiger partial charge in [-0.3, -0.25) is 18.8 Å². The van der Waals surface area contributed by atoms with Crippen molar-refractivity contribution < 1.29 is 18.9 Å². The lowest BCUT2D eigenvalue weighted by molar-refractivity contribution is 0.0342. The number of ether oxygens (including phenoxy) is 1. The highest BCUT2D eigenvalue weighted by atomic mass is 32.3. The van der Waals surface area contributed by atoms with Crippen molar-refractivity contribution in [3.63, 3.8) is 0 Å². The Labute approximate surface area is 236 Å². The molecule has 1 aromatic heterocycles. The van der Waals surface area contributed by atoms with Crippen LogP contribution in [0.5, 0.6) is 5.75 Å². The lowest BCUT2D eigenvalue weighted by Crippen LogP contribution is -2.35. The molecule has 0 amide bonds. The van der Waals surface area contributed by atoms with Crippen LogP contribution in [0.1, 0.15) is 40.3 Å². The summed E-state index contributed by atoms with van der Waals surface area (Å²) in [4.78, 5) is 20.9. The van der Waals surface area contributed by atoms with Crippen LogP contribution in [0, 0.1) is 11.8 Å². The maximum absolute atomic E-state index is 11.9. The second-order valence-corrected chi connectivity index (χ2v) is 12.8. The first-order valence-electron chi connectivity index (χ1n) is 13.6. The molecule has 40 heavy (non-hydrogen) atoms. The third-order valence-corrected chi connectivity index (χ3v) is 9.28. The molecule has 10 heteroatoms. The summed E-state index contributed by atoms with van der Waals surface area (Å²) in [6, 6.07) is 16.3. The summed E-state index contributed by atoms with van der Waals surface area (Å²) in [6.45, 7) is 4.96. The molecule has 0 bridgehead atoms. The van der Waals surface area contributed by atoms with Gasteiger partial charge in [0.25, 0.3) is 5.56 Å². The lowest BCUT2D eigenvalue weighted by Gasteiger charge is -2.26. The second kappa shape index (κ2) is 13.0. The van der Waals surface area contributed by atoms with Crippen LogP contribution in [0.15, 0.2) is 59.7 Å². The molecular formula is C30H36N4O5S. The van der Waals surface area contributed by atoms with Crippen molar-refractivity contribution in [3.05, 3.63) is 93.2 Å². The van der Waals surface area contributed by atoms with Crippen LogP contribution >= 0.6 is 10.6 Å². The van der Waals surface area contributed by atoms with Crippen molar-refractivity contribution in [1.82, 2.24) is 20.2 Å². The van der Waals surface area contributed by atoms with Crippen LogP contribution in [-0.2, 0) is 17.7 Å². The standard InChI is InChI=1S/C30H36N4O5S/c35-29-28(32-21-33-30(29)36)17-26(18-31-27-11-16-40(37,38)20-27)25-9-7-23(8-10-25)2-1-22-3-5-24(6-4-22)19-34-12-14-39-15-13-34/h3-10,21,26-27,31,35,37-38H,11-20H2,(H,32,33,36)/t26?,27-/m0/s1. The zero-order valence-electron chi connectivity index (χ0n) is 22.4. The maximum Gasteiger partial charge on any atom is 0.293 e. The fraction of sp³-hybridized carbons (Fsp3) is 0.400. The van der Waals surface area contributed by atoms with Gasteiger partial charge in [-0.05, 0) is 41.8 Å². The van der Waals surface area contributed by atoms with E-state index in [1.807, 2.05) is 24.3 Å². The molecule has 0 spiro atoms. The SMILES string of the molecule is O=c1[nH]cnc(CC(CN[C@H]2CCS(O)(O)C2)c2ccc(C#Cc3ccc(CN4CCOCC4)cc3)cc2)c1O. The fourth-order valence-electron chi connectivity index (χ4n) is 5.10. The minimum absolute atomic E-state index is 0.0126. The van der Waals surface area contributed by atoms with E-state index in [4.69, 9.17) is 4.74 Å². The molecule has 0 saturated carbocycles. The number of aromatic amines is 1. The molecule has 2 saturated heterocycles. The molecule has 2 atom stereocenters. The Hall–Kier alpha value is -3.17. The van der Waals surface area contributed by atoms with Crippen molar-refractivity contribution >= 4 is 10.6 Å². The number of H-pyrrole nitrogens is 1. The number of hydrogen-bond acceptors (Lipinski definition) is 8. The molecule has 5 N–H and O–H groups in total. The van der Waals surface area contributed by atoms with E-state index in [0.29, 0.717) is 36.6 Å². The molecule has 9 nitrogen and oxygen atoms in total. The van der Waals surface area contributed by atoms with Crippen LogP contribution in [0.4, 0.5) is 0 Å². The van der Waals surface area contributed by atoms with Gasteiger partial charge < -0.3 is 20.1 Å². The van der Waals surface area contributed by atoms with Gasteiger partial charge in [0.15, 0.2) is 0 Å². The van der Waals surface area contributed by atoms with Gasteiger partial charge >= 0.3 is 0 Å². The first-order chi connectivity index (χ1) is 19.3. The van der Waals surface area contributed by atoms with Gasteiger partial charge in [0.1, 0.15) is 0 Å². The molecule has 1 unspecified atom stereocenters. The molecule has 0 radical (unpaired) electrons. The highest BCUT2D eigenvalue weighted by Crippen LogP contribution is 2.45. The summed E-state index contributed by atoms with van der Waals surface area (Å²) in [5.41, 5.74) is 3.87. The molecule has 5 rings (SSSR count). The first kappa shape index (κ1) is 28.4. The molecule has 212 valence electrons. The van der Waals surface area contributed by atoms with Crippen LogP contribution in [0.25, 0.3) is 0 Å². The number of nitrogens with one attached hydrogen (secondary N) is 2. The van der Waals surface area contributed by atoms with Crippen LogP contribution < -0.4 is 10.9 Å². The molecule has 2 fully saturated rings. The van der Waals surface area contributed by atoms with E-state index in [1.54, 1.807) is 0 Å². The van der Waals surface area contributed by atoms with Gasteiger partial charge in [-0.15, -0.1) is 0 Å². The normalized spacial score (nSPS) is 20.4. The number of morpholine rings is 1. The van der Waals surface area contributed by atoms with Crippen molar-refractivity contribution in [1.29, 1.82) is 0 Å². The average Bonchev–Trinajstić information content (AvgIpc) is 3.32. The Morgan fingerprint density at radius 1 is 1.07 bits per heavy atom. The van der Waals surface area contributed by atoms with Crippen molar-refractivity contribution in [2.75, 3.05) is 44.4 Å². The number of hydrogen-bond donors (Lipinski definition) is 5. The van der Waals surface area contributed by atoms with Gasteiger partial charge in [-0.1, -0.05) is 36.1 Å². The van der Waals surface area contributed by atoms with Gasteiger partial charge in [-0.2, -0.15) is 10.6 Å². The lowest BCUT2D eigenvalue weighted by atomic mass is 9.92. The van der Waals surface area contributed by atoms with Gasteiger partial charge in [0.2, 0.25) is 5.75 Å². The largest absolute Gasteiger partial charge is 0.502 e. The predicted molar refractivity (Wildman–Crippen MR) is 157 cm³/mol. The first-order valence-corrected chi connectivity index (χ1v) is 15.5. The zero-order valence-corrected chi connectivity index (χ0v) is 23.2. The third-order valence-electron chi connectivity index (χ3n) is 7.46. The number of benzene rings is 2. The van der Waals surface area contributed by atoms with E-state index in [9.17, 15) is 19.0 Å². The van der Waals surface area contributed by atoms with E-state index in [2.05, 4.69) is 56.3 Å². The monoisotopic (exact) mass is 564 g/mol. The predicted octanol–water partition coefficient (Wildman–Crippen LogP) is 3.15. The quantitative estimate of drug-likeness (QED) is 0.264. The summed E-state index contributed by atoms with van der Waals surface area (Å²) in [5.74, 6) is 6.77. The van der Waals surface area contributed by atoms with Crippen molar-refractivity contribution in [2.24, 2.45) is 0 Å². The number of aromatic nitrogens is 2.